The molecule has 1 fully saturated rings. The van der Waals surface area contributed by atoms with Crippen molar-refractivity contribution in [1.82, 2.24) is 4.31 Å². The molecule has 1 aromatic carbocycles. The molecule has 2 rings (SSSR count). The first-order valence-electron chi connectivity index (χ1n) is 6.87. The molecule has 0 spiro atoms. The molecule has 1 aliphatic heterocycles. The van der Waals surface area contributed by atoms with Crippen LogP contribution in [-0.4, -0.2) is 39.0 Å². The third-order valence-electron chi connectivity index (χ3n) is 3.39. The lowest BCUT2D eigenvalue weighted by molar-refractivity contribution is 0.180. The van der Waals surface area contributed by atoms with Gasteiger partial charge in [0.2, 0.25) is 10.0 Å². The number of halogens is 1. The predicted octanol–water partition coefficient (Wildman–Crippen LogP) is 2.89. The van der Waals surface area contributed by atoms with E-state index in [-0.39, 0.29) is 0 Å². The Morgan fingerprint density at radius 3 is 2.85 bits per heavy atom. The first-order valence-corrected chi connectivity index (χ1v) is 9.11. The molecule has 20 heavy (non-hydrogen) atoms. The van der Waals surface area contributed by atoms with Gasteiger partial charge in [-0.05, 0) is 37.0 Å². The van der Waals surface area contributed by atoms with Crippen LogP contribution in [0.2, 0.25) is 0 Å². The lowest BCUT2D eigenvalue weighted by atomic mass is 10.1. The summed E-state index contributed by atoms with van der Waals surface area (Å²) in [7, 11) is -3.43. The van der Waals surface area contributed by atoms with Gasteiger partial charge in [0, 0.05) is 24.2 Å². The summed E-state index contributed by atoms with van der Waals surface area (Å²) in [5.74, 6) is 0.309. The van der Waals surface area contributed by atoms with E-state index in [1.165, 1.54) is 0 Å². The molecule has 112 valence electrons. The summed E-state index contributed by atoms with van der Waals surface area (Å²) in [6.45, 7) is 4.48. The van der Waals surface area contributed by atoms with E-state index in [1.807, 2.05) is 13.0 Å². The average Bonchev–Trinajstić information content (AvgIpc) is 2.91. The van der Waals surface area contributed by atoms with Crippen LogP contribution in [0.5, 0.6) is 0 Å². The maximum atomic E-state index is 12.7. The standard InChI is InChI=1S/C14H20BrNO3S/c1-2-7-16(10-12-6-8-19-11-12)20(17,18)14-5-3-4-13(15)9-14/h3-5,9,12H,2,6-8,10-11H2,1H3. The van der Waals surface area contributed by atoms with Gasteiger partial charge in [-0.3, -0.25) is 0 Å². The molecule has 0 radical (unpaired) electrons. The molecule has 0 aliphatic carbocycles. The SMILES string of the molecule is CCCN(CC1CCOC1)S(=O)(=O)c1cccc(Br)c1. The van der Waals surface area contributed by atoms with Gasteiger partial charge in [-0.25, -0.2) is 8.42 Å². The summed E-state index contributed by atoms with van der Waals surface area (Å²) in [5.41, 5.74) is 0. The normalized spacial score (nSPS) is 19.6. The van der Waals surface area contributed by atoms with Crippen LogP contribution in [-0.2, 0) is 14.8 Å². The summed E-state index contributed by atoms with van der Waals surface area (Å²) in [5, 5.41) is 0. The lowest BCUT2D eigenvalue weighted by Gasteiger charge is -2.24. The van der Waals surface area contributed by atoms with Crippen LogP contribution in [0.3, 0.4) is 0 Å². The molecular weight excluding hydrogens is 342 g/mol. The number of sulfonamides is 1. The van der Waals surface area contributed by atoms with E-state index in [0.717, 1.165) is 23.9 Å². The monoisotopic (exact) mass is 361 g/mol. The molecule has 1 atom stereocenters. The Morgan fingerprint density at radius 1 is 1.45 bits per heavy atom. The minimum absolute atomic E-state index is 0.309. The molecule has 0 amide bonds. The number of rotatable bonds is 6. The highest BCUT2D eigenvalue weighted by molar-refractivity contribution is 9.10. The van der Waals surface area contributed by atoms with Gasteiger partial charge in [0.05, 0.1) is 11.5 Å². The fourth-order valence-electron chi connectivity index (χ4n) is 2.35. The Labute approximate surface area is 129 Å². The fourth-order valence-corrected chi connectivity index (χ4v) is 4.56. The second kappa shape index (κ2) is 7.02. The van der Waals surface area contributed by atoms with Crippen molar-refractivity contribution < 1.29 is 13.2 Å². The van der Waals surface area contributed by atoms with Crippen molar-refractivity contribution in [1.29, 1.82) is 0 Å². The van der Waals surface area contributed by atoms with Crippen LogP contribution in [0.15, 0.2) is 33.6 Å². The van der Waals surface area contributed by atoms with Gasteiger partial charge in [-0.2, -0.15) is 4.31 Å². The van der Waals surface area contributed by atoms with Gasteiger partial charge in [0.25, 0.3) is 0 Å². The summed E-state index contributed by atoms with van der Waals surface area (Å²) in [6, 6.07) is 6.88. The Bertz CT molecular complexity index is 541. The van der Waals surface area contributed by atoms with E-state index in [4.69, 9.17) is 4.74 Å². The maximum absolute atomic E-state index is 12.7. The third-order valence-corrected chi connectivity index (χ3v) is 5.75. The minimum atomic E-state index is -3.43. The largest absolute Gasteiger partial charge is 0.381 e. The molecule has 1 aromatic rings. The number of hydrogen-bond acceptors (Lipinski definition) is 3. The number of ether oxygens (including phenoxy) is 1. The first kappa shape index (κ1) is 15.9. The highest BCUT2D eigenvalue weighted by atomic mass is 79.9. The smallest absolute Gasteiger partial charge is 0.243 e. The van der Waals surface area contributed by atoms with Gasteiger partial charge >= 0.3 is 0 Å². The Balaban J connectivity index is 2.21. The van der Waals surface area contributed by atoms with Crippen molar-refractivity contribution in [3.05, 3.63) is 28.7 Å². The molecule has 1 saturated heterocycles. The van der Waals surface area contributed by atoms with Crippen molar-refractivity contribution >= 4 is 26.0 Å². The molecule has 0 saturated carbocycles. The molecular formula is C14H20BrNO3S. The summed E-state index contributed by atoms with van der Waals surface area (Å²) in [6.07, 6.45) is 1.75. The highest BCUT2D eigenvalue weighted by Gasteiger charge is 2.28. The minimum Gasteiger partial charge on any atom is -0.381 e. The predicted molar refractivity (Wildman–Crippen MR) is 82.1 cm³/mol. The zero-order chi connectivity index (χ0) is 14.6. The Hall–Kier alpha value is -0.430. The summed E-state index contributed by atoms with van der Waals surface area (Å²) in [4.78, 5) is 0.347. The van der Waals surface area contributed by atoms with Crippen LogP contribution >= 0.6 is 15.9 Å². The maximum Gasteiger partial charge on any atom is 0.243 e. The van der Waals surface area contributed by atoms with Crippen molar-refractivity contribution in [3.8, 4) is 0 Å². The van der Waals surface area contributed by atoms with Gasteiger partial charge in [0.15, 0.2) is 0 Å². The van der Waals surface area contributed by atoms with E-state index in [1.54, 1.807) is 22.5 Å². The van der Waals surface area contributed by atoms with Crippen molar-refractivity contribution in [2.24, 2.45) is 5.92 Å². The van der Waals surface area contributed by atoms with Crippen LogP contribution in [0.4, 0.5) is 0 Å². The van der Waals surface area contributed by atoms with Crippen LogP contribution in [0.25, 0.3) is 0 Å². The lowest BCUT2D eigenvalue weighted by Crippen LogP contribution is -2.36. The number of hydrogen-bond donors (Lipinski definition) is 0. The highest BCUT2D eigenvalue weighted by Crippen LogP contribution is 2.23. The summed E-state index contributed by atoms with van der Waals surface area (Å²) >= 11 is 3.33. The van der Waals surface area contributed by atoms with Crippen molar-refractivity contribution in [2.45, 2.75) is 24.7 Å². The fraction of sp³-hybridized carbons (Fsp3) is 0.571. The molecule has 1 aliphatic rings. The quantitative estimate of drug-likeness (QED) is 0.782. The topological polar surface area (TPSA) is 46.6 Å². The molecule has 0 bridgehead atoms. The average molecular weight is 362 g/mol. The van der Waals surface area contributed by atoms with E-state index < -0.39 is 10.0 Å². The number of nitrogens with zero attached hydrogens (tertiary/aromatic N) is 1. The van der Waals surface area contributed by atoms with Crippen LogP contribution in [0, 0.1) is 5.92 Å². The molecule has 4 nitrogen and oxygen atoms in total. The third kappa shape index (κ3) is 3.81. The van der Waals surface area contributed by atoms with E-state index in [0.29, 0.717) is 30.5 Å². The van der Waals surface area contributed by atoms with Crippen LogP contribution < -0.4 is 0 Å². The number of benzene rings is 1. The van der Waals surface area contributed by atoms with Crippen molar-refractivity contribution in [3.63, 3.8) is 0 Å². The molecule has 1 heterocycles. The molecule has 0 aromatic heterocycles. The molecule has 0 N–H and O–H groups in total. The Kier molecular flexibility index (Phi) is 5.60. The van der Waals surface area contributed by atoms with Crippen molar-refractivity contribution in [2.75, 3.05) is 26.3 Å². The van der Waals surface area contributed by atoms with Crippen LogP contribution in [0.1, 0.15) is 19.8 Å². The second-order valence-electron chi connectivity index (χ2n) is 5.05. The zero-order valence-electron chi connectivity index (χ0n) is 11.6. The van der Waals surface area contributed by atoms with Gasteiger partial charge in [-0.15, -0.1) is 0 Å². The summed E-state index contributed by atoms with van der Waals surface area (Å²) < 4.78 is 33.2. The molecule has 1 unspecified atom stereocenters. The van der Waals surface area contributed by atoms with Gasteiger partial charge in [0.1, 0.15) is 0 Å². The van der Waals surface area contributed by atoms with E-state index >= 15 is 0 Å². The van der Waals surface area contributed by atoms with E-state index in [9.17, 15) is 8.42 Å². The van der Waals surface area contributed by atoms with E-state index in [2.05, 4.69) is 15.9 Å². The second-order valence-corrected chi connectivity index (χ2v) is 7.90. The first-order chi connectivity index (χ1) is 9.54. The molecule has 6 heteroatoms. The van der Waals surface area contributed by atoms with Gasteiger partial charge in [-0.1, -0.05) is 28.9 Å². The zero-order valence-corrected chi connectivity index (χ0v) is 14.0. The Morgan fingerprint density at radius 2 is 2.25 bits per heavy atom. The van der Waals surface area contributed by atoms with Gasteiger partial charge < -0.3 is 4.74 Å².